The van der Waals surface area contributed by atoms with Crippen molar-refractivity contribution in [2.75, 3.05) is 6.61 Å². The van der Waals surface area contributed by atoms with Crippen LogP contribution in [0.15, 0.2) is 11.6 Å². The summed E-state index contributed by atoms with van der Waals surface area (Å²) in [7, 11) is -1.55. The Morgan fingerprint density at radius 3 is 2.53 bits per heavy atom. The molecule has 2 bridgehead atoms. The van der Waals surface area contributed by atoms with Gasteiger partial charge < -0.3 is 9.16 Å². The Labute approximate surface area is 119 Å². The van der Waals surface area contributed by atoms with Crippen molar-refractivity contribution in [3.05, 3.63) is 11.6 Å². The smallest absolute Gasteiger partial charge is 0.192 e. The lowest BCUT2D eigenvalue weighted by molar-refractivity contribution is -0.130. The molecule has 0 aromatic rings. The number of allylic oxidation sites excluding steroid dienone is 1. The van der Waals surface area contributed by atoms with Gasteiger partial charge in [0.25, 0.3) is 0 Å². The number of rotatable bonds is 5. The fraction of sp³-hybridized carbons (Fsp3) is 0.875. The van der Waals surface area contributed by atoms with Gasteiger partial charge in [-0.1, -0.05) is 26.8 Å². The highest BCUT2D eigenvalue weighted by molar-refractivity contribution is 6.73. The molecule has 3 atom stereocenters. The minimum atomic E-state index is -1.55. The second-order valence-corrected chi connectivity index (χ2v) is 11.3. The molecule has 110 valence electrons. The molecule has 0 amide bonds. The Bertz CT molecular complexity index is 340. The van der Waals surface area contributed by atoms with E-state index in [2.05, 4.69) is 40.7 Å². The monoisotopic (exact) mass is 282 g/mol. The Balaban J connectivity index is 2.15. The molecule has 1 saturated heterocycles. The quantitative estimate of drug-likeness (QED) is 0.545. The Morgan fingerprint density at radius 2 is 1.95 bits per heavy atom. The van der Waals surface area contributed by atoms with E-state index in [1.165, 1.54) is 30.1 Å². The number of ether oxygens (including phenoxy) is 1. The summed E-state index contributed by atoms with van der Waals surface area (Å²) in [6.07, 6.45) is 5.05. The molecular formula is C16H30O2Si. The van der Waals surface area contributed by atoms with Crippen LogP contribution in [0.1, 0.15) is 47.5 Å². The minimum Gasteiger partial charge on any atom is -0.409 e. The second kappa shape index (κ2) is 5.70. The zero-order valence-electron chi connectivity index (χ0n) is 13.3. The van der Waals surface area contributed by atoms with Gasteiger partial charge in [-0.15, -0.1) is 0 Å². The van der Waals surface area contributed by atoms with E-state index in [1.54, 1.807) is 0 Å². The third-order valence-corrected chi connectivity index (χ3v) is 10.3. The number of hydrogen-bond acceptors (Lipinski definition) is 2. The first-order valence-corrected chi connectivity index (χ1v) is 10.5. The fourth-order valence-electron chi connectivity index (χ4n) is 3.66. The zero-order valence-corrected chi connectivity index (χ0v) is 14.3. The highest BCUT2D eigenvalue weighted by Gasteiger charge is 2.47. The predicted octanol–water partition coefficient (Wildman–Crippen LogP) is 4.52. The lowest BCUT2D eigenvalue weighted by Crippen LogP contribution is -2.56. The molecule has 1 heterocycles. The fourth-order valence-corrected chi connectivity index (χ4v) is 6.80. The van der Waals surface area contributed by atoms with Crippen molar-refractivity contribution < 1.29 is 9.16 Å². The summed E-state index contributed by atoms with van der Waals surface area (Å²) in [6, 6.07) is 3.67. The van der Waals surface area contributed by atoms with Gasteiger partial charge in [0.2, 0.25) is 0 Å². The normalized spacial score (nSPS) is 35.1. The van der Waals surface area contributed by atoms with Gasteiger partial charge >= 0.3 is 0 Å². The minimum absolute atomic E-state index is 0.0536. The topological polar surface area (TPSA) is 18.5 Å². The summed E-state index contributed by atoms with van der Waals surface area (Å²) in [6.45, 7) is 12.2. The van der Waals surface area contributed by atoms with E-state index in [-0.39, 0.29) is 5.60 Å². The van der Waals surface area contributed by atoms with E-state index >= 15 is 0 Å². The highest BCUT2D eigenvalue weighted by atomic mass is 28.4. The average Bonchev–Trinajstić information content (AvgIpc) is 2.44. The second-order valence-electron chi connectivity index (χ2n) is 6.57. The maximum absolute atomic E-state index is 6.82. The predicted molar refractivity (Wildman–Crippen MR) is 82.9 cm³/mol. The third kappa shape index (κ3) is 2.83. The number of hydrogen-bond donors (Lipinski definition) is 0. The molecule has 2 aliphatic rings. The summed E-state index contributed by atoms with van der Waals surface area (Å²) in [5.41, 5.74) is 1.37. The molecule has 2 nitrogen and oxygen atoms in total. The van der Waals surface area contributed by atoms with Crippen molar-refractivity contribution in [1.82, 2.24) is 0 Å². The van der Waals surface area contributed by atoms with Gasteiger partial charge in [-0.05, 0) is 56.3 Å². The summed E-state index contributed by atoms with van der Waals surface area (Å²) in [5, 5.41) is 0. The van der Waals surface area contributed by atoms with Crippen LogP contribution in [0.5, 0.6) is 0 Å². The molecule has 1 aliphatic carbocycles. The summed E-state index contributed by atoms with van der Waals surface area (Å²) in [5.74, 6) is 0.645. The van der Waals surface area contributed by atoms with Crippen LogP contribution in [-0.4, -0.2) is 26.6 Å². The lowest BCUT2D eigenvalue weighted by atomic mass is 9.76. The lowest BCUT2D eigenvalue weighted by Gasteiger charge is -2.50. The molecule has 0 N–H and O–H groups in total. The summed E-state index contributed by atoms with van der Waals surface area (Å²) >= 11 is 0. The van der Waals surface area contributed by atoms with Crippen LogP contribution in [-0.2, 0) is 9.16 Å². The van der Waals surface area contributed by atoms with Gasteiger partial charge in [-0.25, -0.2) is 0 Å². The molecule has 19 heavy (non-hydrogen) atoms. The molecule has 0 aromatic heterocycles. The van der Waals surface area contributed by atoms with Crippen LogP contribution >= 0.6 is 0 Å². The first-order chi connectivity index (χ1) is 8.98. The molecule has 0 radical (unpaired) electrons. The Morgan fingerprint density at radius 1 is 1.32 bits per heavy atom. The van der Waals surface area contributed by atoms with E-state index in [0.29, 0.717) is 12.0 Å². The van der Waals surface area contributed by atoms with Gasteiger partial charge in [0.1, 0.15) is 0 Å². The van der Waals surface area contributed by atoms with Gasteiger partial charge in [-0.2, -0.15) is 0 Å². The summed E-state index contributed by atoms with van der Waals surface area (Å²) in [4.78, 5) is 0. The van der Waals surface area contributed by atoms with E-state index in [1.807, 2.05) is 0 Å². The maximum Gasteiger partial charge on any atom is 0.192 e. The van der Waals surface area contributed by atoms with Crippen molar-refractivity contribution in [1.29, 1.82) is 0 Å². The van der Waals surface area contributed by atoms with Crippen molar-refractivity contribution in [2.24, 2.45) is 5.92 Å². The molecule has 0 saturated carbocycles. The van der Waals surface area contributed by atoms with Gasteiger partial charge in [0.15, 0.2) is 8.32 Å². The number of fused-ring (bicyclic) bond motifs is 2. The molecule has 1 fully saturated rings. The average molecular weight is 282 g/mol. The highest BCUT2D eigenvalue weighted by Crippen LogP contribution is 2.43. The zero-order chi connectivity index (χ0) is 14.1. The molecule has 1 aliphatic heterocycles. The summed E-state index contributed by atoms with van der Waals surface area (Å²) < 4.78 is 12.9. The van der Waals surface area contributed by atoms with E-state index in [9.17, 15) is 0 Å². The van der Waals surface area contributed by atoms with Crippen LogP contribution < -0.4 is 0 Å². The van der Waals surface area contributed by atoms with Gasteiger partial charge in [-0.3, -0.25) is 0 Å². The molecule has 3 heteroatoms. The van der Waals surface area contributed by atoms with Gasteiger partial charge in [0.05, 0.1) is 18.3 Å². The van der Waals surface area contributed by atoms with Crippen LogP contribution in [0.4, 0.5) is 0 Å². The largest absolute Gasteiger partial charge is 0.409 e. The maximum atomic E-state index is 6.82. The molecule has 2 rings (SSSR count). The van der Waals surface area contributed by atoms with E-state index < -0.39 is 8.32 Å². The van der Waals surface area contributed by atoms with E-state index in [4.69, 9.17) is 9.16 Å². The Kier molecular flexibility index (Phi) is 4.58. The Hall–Kier alpha value is -0.123. The molecule has 0 spiro atoms. The van der Waals surface area contributed by atoms with Crippen LogP contribution in [0.3, 0.4) is 0 Å². The molecule has 0 aromatic carbocycles. The van der Waals surface area contributed by atoms with Crippen molar-refractivity contribution in [3.63, 3.8) is 0 Å². The first-order valence-electron chi connectivity index (χ1n) is 7.97. The SMILES string of the molecule is CC[Si](CC)(CC)O[C@]1(C)CO[C@@H]2C[C@H]1CC=C2C. The van der Waals surface area contributed by atoms with Crippen LogP contribution in [0.25, 0.3) is 0 Å². The first kappa shape index (κ1) is 15.3. The molecule has 0 unspecified atom stereocenters. The van der Waals surface area contributed by atoms with Crippen molar-refractivity contribution >= 4 is 8.32 Å². The molecular weight excluding hydrogens is 252 g/mol. The third-order valence-electron chi connectivity index (χ3n) is 5.55. The van der Waals surface area contributed by atoms with E-state index in [0.717, 1.165) is 13.0 Å². The van der Waals surface area contributed by atoms with Crippen LogP contribution in [0.2, 0.25) is 18.1 Å². The van der Waals surface area contributed by atoms with Crippen molar-refractivity contribution in [2.45, 2.75) is 77.3 Å². The van der Waals surface area contributed by atoms with Gasteiger partial charge in [0, 0.05) is 0 Å². The van der Waals surface area contributed by atoms with Crippen molar-refractivity contribution in [3.8, 4) is 0 Å². The standard InChI is InChI=1S/C16H30O2Si/c1-6-19(7-2,8-3)18-16(5)12-17-15-11-14(16)10-9-13(15)4/h9,14-15H,6-8,10-12H2,1-5H3/t14-,15-,16-/m1/s1. The van der Waals surface area contributed by atoms with Crippen LogP contribution in [0, 0.1) is 5.92 Å².